The zero-order chi connectivity index (χ0) is 63.7. The Morgan fingerprint density at radius 3 is 2.19 bits per heavy atom. The van der Waals surface area contributed by atoms with Gasteiger partial charge >= 0.3 is 12.1 Å². The fourth-order valence-corrected chi connectivity index (χ4v) is 12.4. The number of fused-ring (bicyclic) bond motifs is 3. The Labute approximate surface area is 520 Å². The molecule has 89 heavy (non-hydrogen) atoms. The molecule has 0 bridgehead atoms. The van der Waals surface area contributed by atoms with E-state index in [0.29, 0.717) is 68.5 Å². The number of hydrogen-bond acceptors (Lipinski definition) is 15. The summed E-state index contributed by atoms with van der Waals surface area (Å²) in [4.78, 5) is 87.7. The maximum Gasteiger partial charge on any atom is 0.407 e. The number of esters is 1. The summed E-state index contributed by atoms with van der Waals surface area (Å²) < 4.78 is 57.5. The molecular weight excluding hydrogens is 1160 g/mol. The summed E-state index contributed by atoms with van der Waals surface area (Å²) >= 11 is 0. The molecule has 0 radical (unpaired) electrons. The molecule has 3 fully saturated rings. The number of alkyl carbamates (subject to hydrolysis) is 1. The van der Waals surface area contributed by atoms with E-state index >= 15 is 0 Å². The van der Waals surface area contributed by atoms with Crippen LogP contribution in [0.4, 0.5) is 10.5 Å². The lowest BCUT2D eigenvalue weighted by Gasteiger charge is -2.39. The number of amides is 6. The van der Waals surface area contributed by atoms with Crippen molar-refractivity contribution in [2.45, 2.75) is 164 Å². The third-order valence-electron chi connectivity index (χ3n) is 16.4. The molecule has 3 saturated heterocycles. The second-order valence-electron chi connectivity index (χ2n) is 23.3. The summed E-state index contributed by atoms with van der Waals surface area (Å²) in [7, 11) is -4.26. The van der Waals surface area contributed by atoms with Gasteiger partial charge in [-0.05, 0) is 116 Å². The first-order valence-corrected chi connectivity index (χ1v) is 31.9. The number of carbonyl (C=O) groups excluding carboxylic acids is 7. The maximum atomic E-state index is 13.3. The number of unbranched alkanes of at least 4 members (excludes halogenated alkanes) is 2. The van der Waals surface area contributed by atoms with Crippen molar-refractivity contribution in [3.63, 3.8) is 0 Å². The lowest BCUT2D eigenvalue weighted by Crippen LogP contribution is -2.50. The fourth-order valence-electron chi connectivity index (χ4n) is 11.4. The van der Waals surface area contributed by atoms with Gasteiger partial charge in [-0.25, -0.2) is 17.9 Å². The number of anilines is 1. The van der Waals surface area contributed by atoms with E-state index in [2.05, 4.69) is 68.6 Å². The SMILES string of the molecule is CC(=O)O[C@@H](C)/C=C\C(=O)N[C@@H]1C[C@H](C)[C@H](C/C=C(C)/C=C/[C@H]2O[C@H](CC(=O)NCc3ccc(S(=O)(=O)NC(=O)CCc4ccccc4NC(=O)CNC(=O)CCCCCNC(=O)OCC4c5ccccc5-c5ccccc54)cc3)C[C@@]3(CO3)[C@@H]2O)O[C@@H]1C. The highest BCUT2D eigenvalue weighted by Crippen LogP contribution is 2.45. The Morgan fingerprint density at radius 1 is 0.787 bits per heavy atom. The molecule has 9 atom stereocenters. The van der Waals surface area contributed by atoms with Crippen LogP contribution in [0.1, 0.15) is 121 Å². The molecule has 6 amide bonds. The van der Waals surface area contributed by atoms with Crippen LogP contribution in [0, 0.1) is 5.92 Å². The first kappa shape index (κ1) is 66.9. The van der Waals surface area contributed by atoms with E-state index < -0.39 is 63.9 Å². The average molecular weight is 1240 g/mol. The average Bonchev–Trinajstić information content (AvgIpc) is 1.63. The number of rotatable bonds is 28. The monoisotopic (exact) mass is 1240 g/mol. The highest BCUT2D eigenvalue weighted by molar-refractivity contribution is 7.90. The summed E-state index contributed by atoms with van der Waals surface area (Å²) in [6, 6.07) is 28.6. The molecule has 476 valence electrons. The minimum atomic E-state index is -4.26. The van der Waals surface area contributed by atoms with Crippen molar-refractivity contribution >= 4 is 57.3 Å². The van der Waals surface area contributed by atoms with E-state index in [1.54, 1.807) is 37.3 Å². The Balaban J connectivity index is 0.691. The smallest absolute Gasteiger partial charge is 0.407 e. The van der Waals surface area contributed by atoms with E-state index in [-0.39, 0.29) is 98.1 Å². The Kier molecular flexibility index (Phi) is 23.6. The second kappa shape index (κ2) is 31.4. The normalized spacial score (nSPS) is 22.5. The first-order valence-electron chi connectivity index (χ1n) is 30.4. The number of allylic oxidation sites excluding steroid dienone is 2. The van der Waals surface area contributed by atoms with Crippen molar-refractivity contribution in [2.75, 3.05) is 31.6 Å². The van der Waals surface area contributed by atoms with Crippen LogP contribution in [0.3, 0.4) is 0 Å². The van der Waals surface area contributed by atoms with Crippen LogP contribution in [0.25, 0.3) is 11.1 Å². The van der Waals surface area contributed by atoms with Gasteiger partial charge in [0.15, 0.2) is 0 Å². The molecular formula is C67H82N6O15S. The quantitative estimate of drug-likeness (QED) is 0.00967. The van der Waals surface area contributed by atoms with Gasteiger partial charge < -0.3 is 55.4 Å². The van der Waals surface area contributed by atoms with Crippen LogP contribution in [0.15, 0.2) is 138 Å². The molecule has 7 N–H and O–H groups in total. The lowest BCUT2D eigenvalue weighted by molar-refractivity contribution is -0.145. The van der Waals surface area contributed by atoms with Gasteiger partial charge in [-0.1, -0.05) is 116 Å². The minimum absolute atomic E-state index is 0.0107. The Hall–Kier alpha value is -8.02. The third-order valence-corrected chi connectivity index (χ3v) is 17.8. The molecule has 1 spiro atoms. The number of nitrogens with one attached hydrogen (secondary N) is 6. The maximum absolute atomic E-state index is 13.3. The molecule has 0 aromatic heterocycles. The van der Waals surface area contributed by atoms with E-state index in [1.807, 2.05) is 44.2 Å². The summed E-state index contributed by atoms with van der Waals surface area (Å²) in [5, 5.41) is 25.2. The number of benzene rings is 4. The van der Waals surface area contributed by atoms with E-state index in [0.717, 1.165) is 27.8 Å². The number of epoxide rings is 1. The number of sulfonamides is 1. The Morgan fingerprint density at radius 2 is 1.48 bits per heavy atom. The standard InChI is InChI=1S/C67H82N6O15S/c1-42(22-30-58-43(2)35-57(45(4)87-58)72-61(76)32-24-44(3)86-46(5)74)23-31-59-65(80)67(41-85-67)37-49(88-59)36-63(78)69-38-47-25-28-50(29-26-47)89(82,83)73-62(77)33-27-48-15-8-13-20-56(48)71-64(79)39-70-60(75)21-7-6-14-34-68-66(81)84-40-55-53-18-11-9-16-51(53)52-17-10-12-19-54(52)55/h8-13,15-20,22-26,28-29,31-32,43-45,49,55,57-59,65,80H,6-7,14,21,27,30,33-41H2,1-5H3,(H,68,81)(H,69,78)(H,70,75)(H,71,79)(H,72,76)(H,73,77)/b31-23+,32-24-,42-22+/t43-,44-,45+,49+,57+,58-,59+,65+,67+/m0/s1. The largest absolute Gasteiger partial charge is 0.459 e. The first-order chi connectivity index (χ1) is 42.6. The Bertz CT molecular complexity index is 3340. The number of aliphatic hydroxyl groups excluding tert-OH is 1. The highest BCUT2D eigenvalue weighted by atomic mass is 32.2. The van der Waals surface area contributed by atoms with Crippen molar-refractivity contribution in [1.82, 2.24) is 26.0 Å². The van der Waals surface area contributed by atoms with Crippen LogP contribution in [-0.4, -0.2) is 130 Å². The van der Waals surface area contributed by atoms with Gasteiger partial charge in [0.1, 0.15) is 30.5 Å². The van der Waals surface area contributed by atoms with E-state index in [9.17, 15) is 47.1 Å². The molecule has 8 rings (SSSR count). The zero-order valence-corrected chi connectivity index (χ0v) is 51.8. The number of hydrogen-bond donors (Lipinski definition) is 7. The predicted octanol–water partition coefficient (Wildman–Crippen LogP) is 7.27. The summed E-state index contributed by atoms with van der Waals surface area (Å²) in [5.41, 5.74) is 6.27. The second-order valence-corrected chi connectivity index (χ2v) is 25.0. The van der Waals surface area contributed by atoms with Crippen molar-refractivity contribution in [3.05, 3.63) is 155 Å². The number of para-hydroxylation sites is 1. The highest BCUT2D eigenvalue weighted by Gasteiger charge is 2.58. The van der Waals surface area contributed by atoms with Gasteiger partial charge in [0.25, 0.3) is 10.0 Å². The van der Waals surface area contributed by atoms with Gasteiger partial charge in [0.05, 0.1) is 48.8 Å². The summed E-state index contributed by atoms with van der Waals surface area (Å²) in [5.74, 6) is -2.49. The molecule has 3 heterocycles. The van der Waals surface area contributed by atoms with Gasteiger partial charge in [0, 0.05) is 57.0 Å². The van der Waals surface area contributed by atoms with Gasteiger partial charge in [-0.3, -0.25) is 28.8 Å². The molecule has 4 aromatic carbocycles. The van der Waals surface area contributed by atoms with Crippen LogP contribution in [0.5, 0.6) is 0 Å². The molecule has 3 aliphatic heterocycles. The van der Waals surface area contributed by atoms with Crippen molar-refractivity contribution < 1.29 is 70.8 Å². The molecule has 22 heteroatoms. The van der Waals surface area contributed by atoms with Crippen molar-refractivity contribution in [1.29, 1.82) is 0 Å². The van der Waals surface area contributed by atoms with Crippen molar-refractivity contribution in [3.8, 4) is 11.1 Å². The van der Waals surface area contributed by atoms with Crippen LogP contribution < -0.4 is 31.3 Å². The predicted molar refractivity (Wildman–Crippen MR) is 332 cm³/mol. The third kappa shape index (κ3) is 19.5. The van der Waals surface area contributed by atoms with E-state index in [4.69, 9.17) is 23.7 Å². The zero-order valence-electron chi connectivity index (χ0n) is 51.0. The molecule has 21 nitrogen and oxygen atoms in total. The van der Waals surface area contributed by atoms with Gasteiger partial charge in [-0.2, -0.15) is 0 Å². The molecule has 0 unspecified atom stereocenters. The molecule has 1 aliphatic carbocycles. The summed E-state index contributed by atoms with van der Waals surface area (Å²) in [6.45, 7) is 9.67. The topological polar surface area (TPSA) is 295 Å². The number of aryl methyl sites for hydroxylation is 1. The molecule has 4 aromatic rings. The van der Waals surface area contributed by atoms with Crippen molar-refractivity contribution in [2.24, 2.45) is 5.92 Å². The van der Waals surface area contributed by atoms with Crippen LogP contribution in [0.2, 0.25) is 0 Å². The lowest BCUT2D eigenvalue weighted by atomic mass is 9.87. The number of ether oxygens (including phenoxy) is 5. The van der Waals surface area contributed by atoms with Crippen LogP contribution in [-0.2, 0) is 75.4 Å². The van der Waals surface area contributed by atoms with Gasteiger partial charge in [0.2, 0.25) is 29.5 Å². The summed E-state index contributed by atoms with van der Waals surface area (Å²) in [6.07, 6.45) is 8.57. The number of aliphatic hydroxyl groups is 1. The molecule has 4 aliphatic rings. The number of carbonyl (C=O) groups is 7. The molecule has 0 saturated carbocycles. The minimum Gasteiger partial charge on any atom is -0.459 e. The van der Waals surface area contributed by atoms with E-state index in [1.165, 1.54) is 43.3 Å². The fraction of sp³-hybridized carbons (Fsp3) is 0.448. The van der Waals surface area contributed by atoms with Gasteiger partial charge in [-0.15, -0.1) is 0 Å². The van der Waals surface area contributed by atoms with Crippen LogP contribution >= 0.6 is 0 Å².